The molecule has 0 saturated carbocycles. The van der Waals surface area contributed by atoms with Crippen LogP contribution in [0, 0.1) is 0 Å². The van der Waals surface area contributed by atoms with E-state index in [0.717, 1.165) is 0 Å². The summed E-state index contributed by atoms with van der Waals surface area (Å²) in [6, 6.07) is 46.7. The molecule has 71 heavy (non-hydrogen) atoms. The van der Waals surface area contributed by atoms with E-state index in [4.69, 9.17) is 9.05 Å². The van der Waals surface area contributed by atoms with Gasteiger partial charge in [0, 0.05) is 0 Å². The first-order valence-electron chi connectivity index (χ1n) is 22.5. The summed E-state index contributed by atoms with van der Waals surface area (Å²) in [5.41, 5.74) is -0.0331. The molecule has 8 aromatic rings. The third-order valence-electron chi connectivity index (χ3n) is 13.4. The second-order valence-corrected chi connectivity index (χ2v) is 27.2. The van der Waals surface area contributed by atoms with Crippen molar-refractivity contribution in [2.75, 3.05) is 12.3 Å². The van der Waals surface area contributed by atoms with Crippen LogP contribution in [-0.2, 0) is 31.0 Å². The van der Waals surface area contributed by atoms with Gasteiger partial charge in [0.25, 0.3) is 0 Å². The summed E-state index contributed by atoms with van der Waals surface area (Å²) in [6.07, 6.45) is -12.8. The molecule has 0 atom stereocenters. The first kappa shape index (κ1) is 50.3. The minimum atomic E-state index is -5.51. The second-order valence-electron chi connectivity index (χ2n) is 17.6. The number of phenolic OH excluding ortho intramolecular Hbond substituents is 4. The van der Waals surface area contributed by atoms with Gasteiger partial charge in [0.15, 0.2) is 0 Å². The predicted octanol–water partition coefficient (Wildman–Crippen LogP) is 12.1. The summed E-state index contributed by atoms with van der Waals surface area (Å²) < 4.78 is 101. The number of carbonyl (C=O) groups excluding carboxylic acids is 2. The Kier molecular flexibility index (Phi) is 13.6. The van der Waals surface area contributed by atoms with Gasteiger partial charge in [-0.05, 0) is 0 Å². The molecule has 0 bridgehead atoms. The Hall–Kier alpha value is -7.14. The molecule has 8 rings (SSSR count). The van der Waals surface area contributed by atoms with Gasteiger partial charge in [-0.15, -0.1) is 0 Å². The maximum atomic E-state index is 14.8. The van der Waals surface area contributed by atoms with Crippen molar-refractivity contribution in [1.82, 2.24) is 0 Å². The molecule has 0 radical (unpaired) electrons. The fourth-order valence-electron chi connectivity index (χ4n) is 10.1. The number of benzene rings is 8. The summed E-state index contributed by atoms with van der Waals surface area (Å²) in [5.74, 6) is -6.30. The average Bonchev–Trinajstić information content (AvgIpc) is 3.37. The van der Waals surface area contributed by atoms with Crippen LogP contribution in [0.25, 0.3) is 21.5 Å². The Morgan fingerprint density at radius 3 is 0.944 bits per heavy atom. The number of rotatable bonds is 16. The average molecular weight is 1010 g/mol. The van der Waals surface area contributed by atoms with E-state index in [-0.39, 0.29) is 108 Å². The van der Waals surface area contributed by atoms with Crippen molar-refractivity contribution in [3.05, 3.63) is 193 Å². The van der Waals surface area contributed by atoms with Gasteiger partial charge in [-0.1, -0.05) is 0 Å². The Balaban J connectivity index is 1.32. The summed E-state index contributed by atoms with van der Waals surface area (Å²) >= 11 is 0. The summed E-state index contributed by atoms with van der Waals surface area (Å²) in [4.78, 5) is 27.3. The normalized spacial score (nSPS) is 13.4. The number of hydrogen-bond donors (Lipinski definition) is 4. The van der Waals surface area contributed by atoms with E-state index in [9.17, 15) is 56.4 Å². The first-order chi connectivity index (χ1) is 33.8. The SMILES string of the molecule is O=C(OP(CCCCCP(Cc1cc(O)c2ccccc2c1O)(OC(=O)C(F)(F)F)(c1ccccc1)c1ccccc1)(Cc1cc(O)c2ccccc2c1O)(c1ccccc1)c1ccccc1)C(F)(F)F. The monoisotopic (exact) mass is 1010 g/mol. The van der Waals surface area contributed by atoms with Crippen LogP contribution >= 0.6 is 13.7 Å². The van der Waals surface area contributed by atoms with Crippen LogP contribution in [0.2, 0.25) is 0 Å². The van der Waals surface area contributed by atoms with E-state index in [1.165, 1.54) is 24.3 Å². The predicted molar refractivity (Wildman–Crippen MR) is 268 cm³/mol. The topological polar surface area (TPSA) is 134 Å². The van der Waals surface area contributed by atoms with Crippen LogP contribution in [0.5, 0.6) is 23.0 Å². The summed E-state index contributed by atoms with van der Waals surface area (Å²) in [6.45, 7) is -10.4. The Morgan fingerprint density at radius 2 is 0.662 bits per heavy atom. The standard InChI is InChI=1S/C55H48F6O8P2/c56-54(57,58)52(66)68-70(40-20-6-1-7-21-40,41-22-8-2-9-23-41,36-38-34-48(62)44-28-14-16-30-46(44)50(38)64)32-18-5-19-33-71(42-24-10-3-11-25-42,43-26-12-4-13-27-43,69-53(67)55(59,60)61)37-39-35-49(63)45-29-15-17-31-47(45)51(39)65/h1-4,6-17,20-31,34-35,62-65H,5,18-19,32-33,36-37H2. The third kappa shape index (κ3) is 9.23. The molecule has 4 N–H and O–H groups in total. The fraction of sp³-hybridized carbons (Fsp3) is 0.164. The van der Waals surface area contributed by atoms with Gasteiger partial charge in [0.1, 0.15) is 0 Å². The second kappa shape index (κ2) is 19.2. The molecular weight excluding hydrogens is 965 g/mol. The Bertz CT molecular complexity index is 2930. The van der Waals surface area contributed by atoms with E-state index < -0.39 is 50.3 Å². The molecule has 368 valence electrons. The van der Waals surface area contributed by atoms with E-state index in [1.54, 1.807) is 158 Å². The number of fused-ring (bicyclic) bond motifs is 2. The van der Waals surface area contributed by atoms with Crippen LogP contribution in [0.3, 0.4) is 0 Å². The zero-order chi connectivity index (χ0) is 50.7. The molecule has 16 heteroatoms. The van der Waals surface area contributed by atoms with Crippen LogP contribution in [-0.4, -0.2) is 57.0 Å². The first-order valence-corrected chi connectivity index (χ1v) is 27.6. The van der Waals surface area contributed by atoms with Crippen molar-refractivity contribution >= 4 is 68.4 Å². The number of unbranched alkanes of at least 4 members (excludes halogenated alkanes) is 2. The van der Waals surface area contributed by atoms with E-state index in [1.807, 2.05) is 0 Å². The molecule has 0 aromatic heterocycles. The van der Waals surface area contributed by atoms with Gasteiger partial charge >= 0.3 is 406 Å². The van der Waals surface area contributed by atoms with Crippen molar-refractivity contribution in [2.24, 2.45) is 0 Å². The number of alkyl halides is 6. The van der Waals surface area contributed by atoms with Gasteiger partial charge in [-0.25, -0.2) is 0 Å². The molecule has 8 nitrogen and oxygen atoms in total. The molecular formula is C55H48F6O8P2. The molecule has 0 amide bonds. The van der Waals surface area contributed by atoms with Gasteiger partial charge in [0.2, 0.25) is 0 Å². The van der Waals surface area contributed by atoms with Gasteiger partial charge in [-0.2, -0.15) is 0 Å². The van der Waals surface area contributed by atoms with Crippen molar-refractivity contribution in [3.8, 4) is 23.0 Å². The van der Waals surface area contributed by atoms with E-state index in [2.05, 4.69) is 0 Å². The van der Waals surface area contributed by atoms with Crippen LogP contribution < -0.4 is 21.2 Å². The molecule has 8 aromatic carbocycles. The summed E-state index contributed by atoms with van der Waals surface area (Å²) in [7, 11) is 0. The van der Waals surface area contributed by atoms with Crippen molar-refractivity contribution in [2.45, 2.75) is 43.9 Å². The maximum absolute atomic E-state index is 14.8. The molecule has 0 fully saturated rings. The number of halogens is 6. The molecule has 0 spiro atoms. The zero-order valence-corrected chi connectivity index (χ0v) is 39.6. The van der Waals surface area contributed by atoms with Crippen LogP contribution in [0.1, 0.15) is 30.4 Å². The Labute approximate surface area is 404 Å². The minimum absolute atomic E-state index is 0.0165. The fourth-order valence-corrected chi connectivity index (χ4v) is 21.7. The van der Waals surface area contributed by atoms with Crippen LogP contribution in [0.4, 0.5) is 26.3 Å². The van der Waals surface area contributed by atoms with E-state index in [0.29, 0.717) is 0 Å². The molecule has 0 aliphatic carbocycles. The number of aromatic hydroxyl groups is 4. The Morgan fingerprint density at radius 1 is 0.394 bits per heavy atom. The number of phenols is 4. The molecule has 0 heterocycles. The van der Waals surface area contributed by atoms with Gasteiger partial charge in [-0.3, -0.25) is 0 Å². The number of carbonyl (C=O) groups is 2. The summed E-state index contributed by atoms with van der Waals surface area (Å²) in [5, 5.41) is 48.2. The third-order valence-corrected chi connectivity index (χ3v) is 25.2. The van der Waals surface area contributed by atoms with Gasteiger partial charge in [0.05, 0.1) is 0 Å². The zero-order valence-electron chi connectivity index (χ0n) is 37.9. The van der Waals surface area contributed by atoms with E-state index >= 15 is 0 Å². The van der Waals surface area contributed by atoms with Gasteiger partial charge < -0.3 is 0 Å². The van der Waals surface area contributed by atoms with Crippen molar-refractivity contribution < 1.29 is 65.4 Å². The number of hydrogen-bond acceptors (Lipinski definition) is 8. The van der Waals surface area contributed by atoms with Crippen molar-refractivity contribution in [1.29, 1.82) is 0 Å². The molecule has 0 unspecified atom stereocenters. The molecule has 0 aliphatic rings. The van der Waals surface area contributed by atoms with Crippen LogP contribution in [0.15, 0.2) is 182 Å². The quantitative estimate of drug-likeness (QED) is 0.0325. The van der Waals surface area contributed by atoms with Crippen molar-refractivity contribution in [3.63, 3.8) is 0 Å². The molecule has 0 saturated heterocycles. The molecule has 0 aliphatic heterocycles.